The monoisotopic (exact) mass is 291 g/mol. The second-order valence-electron chi connectivity index (χ2n) is 5.27. The molecule has 0 saturated heterocycles. The van der Waals surface area contributed by atoms with Gasteiger partial charge in [-0.05, 0) is 45.0 Å². The summed E-state index contributed by atoms with van der Waals surface area (Å²) < 4.78 is 15.8. The molecule has 0 spiro atoms. The van der Waals surface area contributed by atoms with Crippen LogP contribution < -0.4 is 0 Å². The zero-order valence-corrected chi connectivity index (χ0v) is 12.9. The maximum atomic E-state index is 11.4. The van der Waals surface area contributed by atoms with E-state index in [9.17, 15) is 4.79 Å². The molecule has 2 heterocycles. The van der Waals surface area contributed by atoms with Crippen molar-refractivity contribution < 1.29 is 18.4 Å². The van der Waals surface area contributed by atoms with Gasteiger partial charge in [0.2, 0.25) is 5.76 Å². The lowest BCUT2D eigenvalue weighted by molar-refractivity contribution is 0.0560. The fourth-order valence-corrected chi connectivity index (χ4v) is 2.06. The lowest BCUT2D eigenvalue weighted by atomic mass is 10.2. The minimum absolute atomic E-state index is 0.227. The Kier molecular flexibility index (Phi) is 4.85. The fourth-order valence-electron chi connectivity index (χ4n) is 2.06. The number of hydrogen-bond acceptors (Lipinski definition) is 5. The number of furan rings is 2. The highest BCUT2D eigenvalue weighted by molar-refractivity contribution is 5.86. The van der Waals surface area contributed by atoms with Crippen molar-refractivity contribution in [3.63, 3.8) is 0 Å². The van der Waals surface area contributed by atoms with Crippen LogP contribution in [0.25, 0.3) is 0 Å². The van der Waals surface area contributed by atoms with E-state index in [4.69, 9.17) is 8.83 Å². The van der Waals surface area contributed by atoms with Crippen LogP contribution in [0.3, 0.4) is 0 Å². The number of ether oxygens (including phenoxy) is 1. The van der Waals surface area contributed by atoms with Crippen LogP contribution in [0.15, 0.2) is 33.1 Å². The third-order valence-electron chi connectivity index (χ3n) is 3.29. The highest BCUT2D eigenvalue weighted by Crippen LogP contribution is 2.17. The molecule has 0 radical (unpaired) electrons. The molecule has 2 rings (SSSR count). The first-order valence-electron chi connectivity index (χ1n) is 6.96. The number of aryl methyl sites for hydroxylation is 1. The summed E-state index contributed by atoms with van der Waals surface area (Å²) in [6, 6.07) is 7.69. The van der Waals surface area contributed by atoms with Crippen LogP contribution in [0.4, 0.5) is 0 Å². The number of carbonyl (C=O) groups is 1. The second kappa shape index (κ2) is 6.63. The summed E-state index contributed by atoms with van der Waals surface area (Å²) in [6.45, 7) is 7.45. The van der Waals surface area contributed by atoms with Crippen LogP contribution in [0.5, 0.6) is 0 Å². The van der Waals surface area contributed by atoms with Crippen LogP contribution in [0.2, 0.25) is 0 Å². The smallest absolute Gasteiger partial charge is 0.373 e. The van der Waals surface area contributed by atoms with E-state index in [0.29, 0.717) is 19.1 Å². The molecule has 5 heteroatoms. The van der Waals surface area contributed by atoms with E-state index in [1.165, 1.54) is 7.11 Å². The van der Waals surface area contributed by atoms with E-state index < -0.39 is 5.97 Å². The van der Waals surface area contributed by atoms with E-state index in [1.54, 1.807) is 12.1 Å². The summed E-state index contributed by atoms with van der Waals surface area (Å²) in [6.07, 6.45) is 0. The molecular formula is C16H21NO4. The normalized spacial score (nSPS) is 11.3. The molecule has 0 fully saturated rings. The average molecular weight is 291 g/mol. The molecule has 5 nitrogen and oxygen atoms in total. The summed E-state index contributed by atoms with van der Waals surface area (Å²) in [7, 11) is 1.34. The van der Waals surface area contributed by atoms with E-state index in [1.807, 2.05) is 19.1 Å². The Morgan fingerprint density at radius 1 is 1.14 bits per heavy atom. The molecule has 0 unspecified atom stereocenters. The predicted octanol–water partition coefficient (Wildman–Crippen LogP) is 3.38. The highest BCUT2D eigenvalue weighted by atomic mass is 16.5. The van der Waals surface area contributed by atoms with Crippen molar-refractivity contribution >= 4 is 5.97 Å². The van der Waals surface area contributed by atoms with Gasteiger partial charge in [-0.15, -0.1) is 0 Å². The highest BCUT2D eigenvalue weighted by Gasteiger charge is 2.17. The van der Waals surface area contributed by atoms with Gasteiger partial charge in [0.15, 0.2) is 0 Å². The quantitative estimate of drug-likeness (QED) is 0.764. The summed E-state index contributed by atoms with van der Waals surface area (Å²) in [4.78, 5) is 13.6. The van der Waals surface area contributed by atoms with Gasteiger partial charge in [-0.1, -0.05) is 0 Å². The van der Waals surface area contributed by atoms with Crippen LogP contribution >= 0.6 is 0 Å². The topological polar surface area (TPSA) is 55.8 Å². The van der Waals surface area contributed by atoms with Gasteiger partial charge in [0.1, 0.15) is 17.3 Å². The Balaban J connectivity index is 2.05. The SMILES string of the molecule is COC(=O)c1ccc(CN(Cc2ccc(C)o2)C(C)C)o1. The van der Waals surface area contributed by atoms with Gasteiger partial charge >= 0.3 is 5.97 Å². The molecule has 2 aromatic heterocycles. The van der Waals surface area contributed by atoms with E-state index in [-0.39, 0.29) is 5.76 Å². The zero-order chi connectivity index (χ0) is 15.4. The van der Waals surface area contributed by atoms with E-state index >= 15 is 0 Å². The van der Waals surface area contributed by atoms with Gasteiger partial charge in [-0.2, -0.15) is 0 Å². The molecule has 0 aliphatic heterocycles. The molecule has 0 atom stereocenters. The molecule has 0 amide bonds. The summed E-state index contributed by atoms with van der Waals surface area (Å²) in [5, 5.41) is 0. The lowest BCUT2D eigenvalue weighted by Gasteiger charge is -2.24. The van der Waals surface area contributed by atoms with Crippen molar-refractivity contribution in [2.24, 2.45) is 0 Å². The molecule has 0 aromatic carbocycles. The molecule has 114 valence electrons. The first-order valence-corrected chi connectivity index (χ1v) is 6.96. The fraction of sp³-hybridized carbons (Fsp3) is 0.438. The van der Waals surface area contributed by atoms with Crippen molar-refractivity contribution in [2.45, 2.75) is 39.9 Å². The molecule has 0 N–H and O–H groups in total. The second-order valence-corrected chi connectivity index (χ2v) is 5.27. The van der Waals surface area contributed by atoms with Gasteiger partial charge in [0.25, 0.3) is 0 Å². The first-order chi connectivity index (χ1) is 9.99. The lowest BCUT2D eigenvalue weighted by Crippen LogP contribution is -2.29. The maximum absolute atomic E-state index is 11.4. The Morgan fingerprint density at radius 2 is 1.76 bits per heavy atom. The first kappa shape index (κ1) is 15.4. The molecule has 21 heavy (non-hydrogen) atoms. The van der Waals surface area contributed by atoms with Crippen molar-refractivity contribution in [1.82, 2.24) is 4.90 Å². The summed E-state index contributed by atoms with van der Waals surface area (Å²) in [5.74, 6) is 2.32. The van der Waals surface area contributed by atoms with Crippen molar-refractivity contribution in [1.29, 1.82) is 0 Å². The standard InChI is InChI=1S/C16H21NO4/c1-11(2)17(9-13-6-5-12(3)20-13)10-14-7-8-15(21-14)16(18)19-4/h5-8,11H,9-10H2,1-4H3. The number of methoxy groups -OCH3 is 1. The van der Waals surface area contributed by atoms with Crippen LogP contribution in [-0.4, -0.2) is 24.0 Å². The van der Waals surface area contributed by atoms with Gasteiger partial charge in [0, 0.05) is 6.04 Å². The van der Waals surface area contributed by atoms with Gasteiger partial charge in [-0.3, -0.25) is 4.90 Å². The van der Waals surface area contributed by atoms with E-state index in [2.05, 4.69) is 23.5 Å². The van der Waals surface area contributed by atoms with Crippen LogP contribution in [0, 0.1) is 6.92 Å². The van der Waals surface area contributed by atoms with Crippen molar-refractivity contribution in [3.8, 4) is 0 Å². The number of carbonyl (C=O) groups excluding carboxylic acids is 1. The van der Waals surface area contributed by atoms with Crippen molar-refractivity contribution in [2.75, 3.05) is 7.11 Å². The zero-order valence-electron chi connectivity index (χ0n) is 12.9. The van der Waals surface area contributed by atoms with Crippen molar-refractivity contribution in [3.05, 3.63) is 47.3 Å². The number of hydrogen-bond donors (Lipinski definition) is 0. The van der Waals surface area contributed by atoms with Crippen LogP contribution in [-0.2, 0) is 17.8 Å². The third kappa shape index (κ3) is 3.98. The molecule has 0 bridgehead atoms. The number of esters is 1. The molecule has 0 saturated carbocycles. The minimum Gasteiger partial charge on any atom is -0.465 e. The number of nitrogens with zero attached hydrogens (tertiary/aromatic N) is 1. The number of rotatable bonds is 6. The molecular weight excluding hydrogens is 270 g/mol. The van der Waals surface area contributed by atoms with Gasteiger partial charge < -0.3 is 13.6 Å². The summed E-state index contributed by atoms with van der Waals surface area (Å²) in [5.41, 5.74) is 0. The Hall–Kier alpha value is -2.01. The average Bonchev–Trinajstić information content (AvgIpc) is 3.06. The van der Waals surface area contributed by atoms with E-state index in [0.717, 1.165) is 17.3 Å². The Morgan fingerprint density at radius 3 is 2.29 bits per heavy atom. The predicted molar refractivity (Wildman–Crippen MR) is 77.9 cm³/mol. The third-order valence-corrected chi connectivity index (χ3v) is 3.29. The largest absolute Gasteiger partial charge is 0.465 e. The molecule has 0 aliphatic carbocycles. The molecule has 0 aliphatic rings. The van der Waals surface area contributed by atoms with Crippen LogP contribution in [0.1, 0.15) is 41.7 Å². The molecule has 2 aromatic rings. The van der Waals surface area contributed by atoms with Gasteiger partial charge in [-0.25, -0.2) is 4.79 Å². The Labute approximate surface area is 124 Å². The van der Waals surface area contributed by atoms with Gasteiger partial charge in [0.05, 0.1) is 20.2 Å². The maximum Gasteiger partial charge on any atom is 0.373 e. The minimum atomic E-state index is -0.459. The Bertz CT molecular complexity index is 597. The summed E-state index contributed by atoms with van der Waals surface area (Å²) >= 11 is 0.